The number of nitrogens with zero attached hydrogens (tertiary/aromatic N) is 2. The fraction of sp³-hybridized carbons (Fsp3) is 0.375. The van der Waals surface area contributed by atoms with Crippen molar-refractivity contribution in [2.24, 2.45) is 0 Å². The summed E-state index contributed by atoms with van der Waals surface area (Å²) in [6.07, 6.45) is -4.42. The predicted molar refractivity (Wildman–Crippen MR) is 82.1 cm³/mol. The molecule has 0 saturated carbocycles. The summed E-state index contributed by atoms with van der Waals surface area (Å²) in [7, 11) is 3.29. The van der Waals surface area contributed by atoms with Gasteiger partial charge in [-0.1, -0.05) is 6.07 Å². The van der Waals surface area contributed by atoms with Gasteiger partial charge in [0.15, 0.2) is 0 Å². The van der Waals surface area contributed by atoms with Gasteiger partial charge in [-0.3, -0.25) is 9.69 Å². The van der Waals surface area contributed by atoms with Crippen LogP contribution in [0.2, 0.25) is 0 Å². The van der Waals surface area contributed by atoms with Crippen molar-refractivity contribution in [2.45, 2.75) is 19.6 Å². The number of hydrogen-bond acceptors (Lipinski definition) is 4. The van der Waals surface area contributed by atoms with Gasteiger partial charge in [0.05, 0.1) is 17.8 Å². The van der Waals surface area contributed by atoms with Gasteiger partial charge in [-0.25, -0.2) is 4.98 Å². The lowest BCUT2D eigenvalue weighted by molar-refractivity contribution is -0.137. The van der Waals surface area contributed by atoms with Crippen LogP contribution >= 0.6 is 0 Å². The van der Waals surface area contributed by atoms with Crippen LogP contribution < -0.4 is 5.32 Å². The smallest absolute Gasteiger partial charge is 0.416 e. The average molecular weight is 341 g/mol. The van der Waals surface area contributed by atoms with E-state index in [0.717, 1.165) is 12.1 Å². The number of hydrogen-bond donors (Lipinski definition) is 1. The Morgan fingerprint density at radius 2 is 2.08 bits per heavy atom. The van der Waals surface area contributed by atoms with E-state index in [4.69, 9.17) is 4.42 Å². The monoisotopic (exact) mass is 341 g/mol. The van der Waals surface area contributed by atoms with E-state index in [9.17, 15) is 18.0 Å². The second-order valence-corrected chi connectivity index (χ2v) is 5.45. The maximum Gasteiger partial charge on any atom is 0.416 e. The molecule has 1 heterocycles. The number of aromatic nitrogens is 1. The first-order valence-corrected chi connectivity index (χ1v) is 7.23. The molecule has 0 radical (unpaired) electrons. The molecule has 0 aliphatic rings. The zero-order chi connectivity index (χ0) is 17.9. The van der Waals surface area contributed by atoms with Crippen molar-refractivity contribution in [1.82, 2.24) is 15.2 Å². The number of nitrogens with one attached hydrogen (secondary N) is 1. The van der Waals surface area contributed by atoms with E-state index in [-0.39, 0.29) is 23.9 Å². The van der Waals surface area contributed by atoms with Crippen molar-refractivity contribution in [3.8, 4) is 11.5 Å². The van der Waals surface area contributed by atoms with Crippen molar-refractivity contribution in [3.05, 3.63) is 41.3 Å². The molecule has 1 N–H and O–H groups in total. The van der Waals surface area contributed by atoms with Crippen LogP contribution in [0.5, 0.6) is 0 Å². The Hall–Kier alpha value is -2.35. The maximum absolute atomic E-state index is 12.8. The van der Waals surface area contributed by atoms with Gasteiger partial charge in [0.25, 0.3) is 0 Å². The van der Waals surface area contributed by atoms with Crippen molar-refractivity contribution in [1.29, 1.82) is 0 Å². The van der Waals surface area contributed by atoms with E-state index in [2.05, 4.69) is 10.3 Å². The van der Waals surface area contributed by atoms with Crippen LogP contribution in [0.15, 0.2) is 28.7 Å². The minimum absolute atomic E-state index is 0.127. The molecule has 0 bridgehead atoms. The molecular formula is C16H18F3N3O2. The number of carbonyl (C=O) groups excluding carboxylic acids is 1. The van der Waals surface area contributed by atoms with Crippen LogP contribution in [0.3, 0.4) is 0 Å². The second-order valence-electron chi connectivity index (χ2n) is 5.45. The van der Waals surface area contributed by atoms with Gasteiger partial charge < -0.3 is 9.73 Å². The van der Waals surface area contributed by atoms with E-state index in [0.29, 0.717) is 18.0 Å². The number of alkyl halides is 3. The summed E-state index contributed by atoms with van der Waals surface area (Å²) >= 11 is 0. The Kier molecular flexibility index (Phi) is 5.28. The van der Waals surface area contributed by atoms with Gasteiger partial charge in [-0.2, -0.15) is 13.2 Å². The Labute approximate surface area is 137 Å². The third-order valence-electron chi connectivity index (χ3n) is 3.44. The molecule has 2 rings (SSSR count). The highest BCUT2D eigenvalue weighted by Gasteiger charge is 2.30. The molecule has 130 valence electrons. The van der Waals surface area contributed by atoms with Crippen LogP contribution in [0.1, 0.15) is 17.0 Å². The Bertz CT molecular complexity index is 726. The fourth-order valence-electron chi connectivity index (χ4n) is 2.16. The topological polar surface area (TPSA) is 58.4 Å². The lowest BCUT2D eigenvalue weighted by Crippen LogP contribution is -2.32. The highest BCUT2D eigenvalue weighted by Crippen LogP contribution is 2.32. The summed E-state index contributed by atoms with van der Waals surface area (Å²) in [4.78, 5) is 17.4. The molecule has 1 amide bonds. The van der Waals surface area contributed by atoms with Gasteiger partial charge in [-0.15, -0.1) is 0 Å². The first-order chi connectivity index (χ1) is 11.2. The zero-order valence-electron chi connectivity index (χ0n) is 13.6. The summed E-state index contributed by atoms with van der Waals surface area (Å²) in [5.41, 5.74) is 0.0797. The Morgan fingerprint density at radius 3 is 2.71 bits per heavy atom. The molecule has 0 aliphatic carbocycles. The number of amides is 1. The summed E-state index contributed by atoms with van der Waals surface area (Å²) in [6.45, 7) is 2.22. The Balaban J connectivity index is 2.21. The van der Waals surface area contributed by atoms with Crippen LogP contribution in [0.4, 0.5) is 13.2 Å². The SMILES string of the molecule is CNC(=O)CN(C)Cc1nc(-c2cccc(C(F)(F)F)c2)oc1C. The van der Waals surface area contributed by atoms with Crippen molar-refractivity contribution in [2.75, 3.05) is 20.6 Å². The third-order valence-corrected chi connectivity index (χ3v) is 3.44. The van der Waals surface area contributed by atoms with Crippen LogP contribution in [0.25, 0.3) is 11.5 Å². The molecule has 1 aromatic carbocycles. The molecular weight excluding hydrogens is 323 g/mol. The van der Waals surface area contributed by atoms with Gasteiger partial charge in [0.2, 0.25) is 11.8 Å². The quantitative estimate of drug-likeness (QED) is 0.909. The van der Waals surface area contributed by atoms with E-state index < -0.39 is 11.7 Å². The number of oxazole rings is 1. The largest absolute Gasteiger partial charge is 0.441 e. The molecule has 24 heavy (non-hydrogen) atoms. The lowest BCUT2D eigenvalue weighted by atomic mass is 10.1. The number of halogens is 3. The second kappa shape index (κ2) is 7.04. The minimum atomic E-state index is -4.42. The first-order valence-electron chi connectivity index (χ1n) is 7.23. The Morgan fingerprint density at radius 1 is 1.38 bits per heavy atom. The van der Waals surface area contributed by atoms with E-state index in [1.54, 1.807) is 25.9 Å². The van der Waals surface area contributed by atoms with Crippen LogP contribution in [-0.2, 0) is 17.5 Å². The number of likely N-dealkylation sites (N-methyl/N-ethyl adjacent to an activating group) is 2. The normalized spacial score (nSPS) is 11.8. The summed E-state index contributed by atoms with van der Waals surface area (Å²) < 4.78 is 43.9. The maximum atomic E-state index is 12.8. The van der Waals surface area contributed by atoms with Crippen molar-refractivity contribution < 1.29 is 22.4 Å². The van der Waals surface area contributed by atoms with Crippen LogP contribution in [0, 0.1) is 6.92 Å². The molecule has 0 spiro atoms. The number of carbonyl (C=O) groups is 1. The van der Waals surface area contributed by atoms with Crippen LogP contribution in [-0.4, -0.2) is 36.4 Å². The summed E-state index contributed by atoms with van der Waals surface area (Å²) in [6, 6.07) is 4.83. The predicted octanol–water partition coefficient (Wildman–Crippen LogP) is 2.85. The molecule has 0 aliphatic heterocycles. The fourth-order valence-corrected chi connectivity index (χ4v) is 2.16. The molecule has 8 heteroatoms. The van der Waals surface area contributed by atoms with Gasteiger partial charge >= 0.3 is 6.18 Å². The molecule has 0 unspecified atom stereocenters. The molecule has 2 aromatic rings. The van der Waals surface area contributed by atoms with E-state index in [1.807, 2.05) is 0 Å². The molecule has 0 fully saturated rings. The standard InChI is InChI=1S/C16H18F3N3O2/c1-10-13(8-22(3)9-14(23)20-2)21-15(24-10)11-5-4-6-12(7-11)16(17,18)19/h4-7H,8-9H2,1-3H3,(H,20,23). The summed E-state index contributed by atoms with van der Waals surface area (Å²) in [5.74, 6) is 0.491. The third kappa shape index (κ3) is 4.35. The first kappa shape index (κ1) is 18.0. The lowest BCUT2D eigenvalue weighted by Gasteiger charge is -2.13. The summed E-state index contributed by atoms with van der Waals surface area (Å²) in [5, 5.41) is 2.52. The number of aryl methyl sites for hydroxylation is 1. The highest BCUT2D eigenvalue weighted by atomic mass is 19.4. The zero-order valence-corrected chi connectivity index (χ0v) is 13.6. The average Bonchev–Trinajstić information content (AvgIpc) is 2.87. The van der Waals surface area contributed by atoms with E-state index in [1.165, 1.54) is 12.1 Å². The van der Waals surface area contributed by atoms with Crippen molar-refractivity contribution >= 4 is 5.91 Å². The van der Waals surface area contributed by atoms with Gasteiger partial charge in [0.1, 0.15) is 5.76 Å². The van der Waals surface area contributed by atoms with E-state index >= 15 is 0 Å². The molecule has 1 aromatic heterocycles. The van der Waals surface area contributed by atoms with Gasteiger partial charge in [-0.05, 0) is 32.2 Å². The highest BCUT2D eigenvalue weighted by molar-refractivity contribution is 5.77. The minimum Gasteiger partial charge on any atom is -0.441 e. The number of rotatable bonds is 5. The molecule has 0 atom stereocenters. The molecule has 5 nitrogen and oxygen atoms in total. The van der Waals surface area contributed by atoms with Crippen molar-refractivity contribution in [3.63, 3.8) is 0 Å². The number of benzene rings is 1. The molecule has 0 saturated heterocycles. The van der Waals surface area contributed by atoms with Gasteiger partial charge in [0, 0.05) is 19.2 Å².